The van der Waals surface area contributed by atoms with Crippen molar-refractivity contribution >= 4 is 17.7 Å². The first-order valence-corrected chi connectivity index (χ1v) is 11.4. The molecule has 1 fully saturated rings. The van der Waals surface area contributed by atoms with Crippen LogP contribution in [0.5, 0.6) is 0 Å². The van der Waals surface area contributed by atoms with E-state index in [1.54, 1.807) is 0 Å². The van der Waals surface area contributed by atoms with Crippen LogP contribution in [0.3, 0.4) is 0 Å². The summed E-state index contributed by atoms with van der Waals surface area (Å²) >= 11 is 6.09. The van der Waals surface area contributed by atoms with Crippen molar-refractivity contribution in [2.75, 3.05) is 14.1 Å². The molecule has 1 aliphatic rings. The van der Waals surface area contributed by atoms with E-state index in [1.807, 2.05) is 30.3 Å². The maximum Gasteiger partial charge on any atom is 0.250 e. The Morgan fingerprint density at radius 3 is 2.48 bits per heavy atom. The molecule has 1 heterocycles. The summed E-state index contributed by atoms with van der Waals surface area (Å²) in [4.78, 5) is 6.88. The number of aryl methyl sites for hydroxylation is 1. The van der Waals surface area contributed by atoms with Gasteiger partial charge in [0.25, 0.3) is 5.89 Å². The molecule has 162 valence electrons. The molecule has 1 aromatic heterocycles. The van der Waals surface area contributed by atoms with E-state index < -0.39 is 0 Å². The number of hydrogen-bond acceptors (Lipinski definition) is 4. The zero-order chi connectivity index (χ0) is 21.8. The number of halogens is 1. The number of benzene rings is 2. The molecule has 0 amide bonds. The fourth-order valence-corrected chi connectivity index (χ4v) is 4.85. The van der Waals surface area contributed by atoms with Gasteiger partial charge in [0, 0.05) is 16.6 Å². The number of rotatable bonds is 6. The highest BCUT2D eigenvalue weighted by Gasteiger charge is 2.29. The first kappa shape index (κ1) is 21.8. The molecular formula is C26H30ClN3O. The second kappa shape index (κ2) is 9.80. The van der Waals surface area contributed by atoms with Crippen LogP contribution in [-0.2, 0) is 0 Å². The lowest BCUT2D eigenvalue weighted by Crippen LogP contribution is -2.30. The molecular weight excluding hydrogens is 406 g/mol. The lowest BCUT2D eigenvalue weighted by molar-refractivity contribution is 0.159. The van der Waals surface area contributed by atoms with Crippen LogP contribution in [0.4, 0.5) is 0 Å². The molecule has 1 unspecified atom stereocenters. The van der Waals surface area contributed by atoms with Crippen LogP contribution >= 0.6 is 11.6 Å². The maximum absolute atomic E-state index is 6.09. The molecule has 0 bridgehead atoms. The summed E-state index contributed by atoms with van der Waals surface area (Å²) in [6.45, 7) is 2.06. The van der Waals surface area contributed by atoms with Crippen LogP contribution in [0.1, 0.15) is 48.7 Å². The second-order valence-electron chi connectivity index (χ2n) is 8.82. The fraction of sp³-hybridized carbons (Fsp3) is 0.385. The molecule has 1 aliphatic carbocycles. The third-order valence-corrected chi connectivity index (χ3v) is 6.51. The summed E-state index contributed by atoms with van der Waals surface area (Å²) in [6.07, 6.45) is 9.00. The van der Waals surface area contributed by atoms with Crippen molar-refractivity contribution < 1.29 is 4.52 Å². The predicted molar refractivity (Wildman–Crippen MR) is 127 cm³/mol. The molecule has 0 radical (unpaired) electrons. The Balaban J connectivity index is 1.36. The van der Waals surface area contributed by atoms with Crippen LogP contribution in [0, 0.1) is 18.8 Å². The van der Waals surface area contributed by atoms with Crippen LogP contribution < -0.4 is 0 Å². The standard InChI is InChI=1S/C26H30ClN3O/c1-18-5-4-6-22(17-18)26-28-24(31-29-26)16-9-19-7-10-20(11-8-19)25(30(2)3)21-12-14-23(27)15-13-21/h4-6,9,12-17,19-20,25H,7-8,10-11H2,1-3H3. The Kier molecular flexibility index (Phi) is 6.89. The topological polar surface area (TPSA) is 42.2 Å². The van der Waals surface area contributed by atoms with Crippen molar-refractivity contribution in [3.63, 3.8) is 0 Å². The molecule has 0 aliphatic heterocycles. The van der Waals surface area contributed by atoms with Crippen LogP contribution in [0.15, 0.2) is 59.1 Å². The van der Waals surface area contributed by atoms with E-state index in [0.717, 1.165) is 10.6 Å². The molecule has 2 aromatic carbocycles. The van der Waals surface area contributed by atoms with E-state index in [-0.39, 0.29) is 0 Å². The molecule has 0 saturated heterocycles. The number of allylic oxidation sites excluding steroid dienone is 1. The zero-order valence-electron chi connectivity index (χ0n) is 18.5. The third kappa shape index (κ3) is 5.44. The molecule has 3 aromatic rings. The Morgan fingerprint density at radius 1 is 1.06 bits per heavy atom. The van der Waals surface area contributed by atoms with E-state index in [9.17, 15) is 0 Å². The average Bonchev–Trinajstić information content (AvgIpc) is 3.24. The Bertz CT molecular complexity index is 1020. The van der Waals surface area contributed by atoms with Crippen molar-refractivity contribution in [2.45, 2.75) is 38.6 Å². The van der Waals surface area contributed by atoms with Crippen LogP contribution in [0.2, 0.25) is 5.02 Å². The van der Waals surface area contributed by atoms with Gasteiger partial charge in [-0.25, -0.2) is 0 Å². The first-order chi connectivity index (χ1) is 15.0. The maximum atomic E-state index is 6.09. The Morgan fingerprint density at radius 2 is 1.81 bits per heavy atom. The monoisotopic (exact) mass is 435 g/mol. The highest BCUT2D eigenvalue weighted by molar-refractivity contribution is 6.30. The molecule has 1 saturated carbocycles. The van der Waals surface area contributed by atoms with Gasteiger partial charge in [-0.3, -0.25) is 0 Å². The van der Waals surface area contributed by atoms with E-state index >= 15 is 0 Å². The van der Waals surface area contributed by atoms with Crippen molar-refractivity contribution in [2.24, 2.45) is 11.8 Å². The first-order valence-electron chi connectivity index (χ1n) is 11.0. The Hall–Kier alpha value is -2.43. The summed E-state index contributed by atoms with van der Waals surface area (Å²) in [7, 11) is 4.35. The summed E-state index contributed by atoms with van der Waals surface area (Å²) in [5, 5.41) is 4.93. The van der Waals surface area contributed by atoms with Crippen LogP contribution in [0.25, 0.3) is 17.5 Å². The minimum Gasteiger partial charge on any atom is -0.334 e. The van der Waals surface area contributed by atoms with Gasteiger partial charge in [0.2, 0.25) is 5.82 Å². The summed E-state index contributed by atoms with van der Waals surface area (Å²) in [5.74, 6) is 2.42. The highest BCUT2D eigenvalue weighted by atomic mass is 35.5. The number of hydrogen-bond donors (Lipinski definition) is 0. The molecule has 5 heteroatoms. The van der Waals surface area contributed by atoms with Gasteiger partial charge >= 0.3 is 0 Å². The lowest BCUT2D eigenvalue weighted by Gasteiger charge is -2.37. The summed E-state index contributed by atoms with van der Waals surface area (Å²) < 4.78 is 5.44. The molecule has 4 rings (SSSR count). The van der Waals surface area contributed by atoms with Gasteiger partial charge in [-0.05, 0) is 88.4 Å². The quantitative estimate of drug-likeness (QED) is 0.426. The predicted octanol–water partition coefficient (Wildman–Crippen LogP) is 6.82. The molecule has 31 heavy (non-hydrogen) atoms. The van der Waals surface area contributed by atoms with E-state index in [4.69, 9.17) is 16.1 Å². The fourth-order valence-electron chi connectivity index (χ4n) is 4.73. The van der Waals surface area contributed by atoms with Gasteiger partial charge in [0.05, 0.1) is 0 Å². The zero-order valence-corrected chi connectivity index (χ0v) is 19.2. The molecule has 0 spiro atoms. The largest absolute Gasteiger partial charge is 0.334 e. The normalized spacial score (nSPS) is 20.4. The average molecular weight is 436 g/mol. The summed E-state index contributed by atoms with van der Waals surface area (Å²) in [6, 6.07) is 16.9. The number of nitrogens with zero attached hydrogens (tertiary/aromatic N) is 3. The molecule has 1 atom stereocenters. The van der Waals surface area contributed by atoms with Crippen LogP contribution in [-0.4, -0.2) is 29.1 Å². The van der Waals surface area contributed by atoms with Gasteiger partial charge < -0.3 is 9.42 Å². The van der Waals surface area contributed by atoms with Gasteiger partial charge in [0.15, 0.2) is 0 Å². The molecule has 0 N–H and O–H groups in total. The van der Waals surface area contributed by atoms with Crippen molar-refractivity contribution in [1.82, 2.24) is 15.0 Å². The summed E-state index contributed by atoms with van der Waals surface area (Å²) in [5.41, 5.74) is 3.52. The van der Waals surface area contributed by atoms with Gasteiger partial charge in [-0.1, -0.05) is 58.7 Å². The minimum absolute atomic E-state index is 0.426. The van der Waals surface area contributed by atoms with Gasteiger partial charge in [0.1, 0.15) is 0 Å². The van der Waals surface area contributed by atoms with Crippen molar-refractivity contribution in [1.29, 1.82) is 0 Å². The van der Waals surface area contributed by atoms with Crippen molar-refractivity contribution in [3.05, 3.63) is 76.6 Å². The Labute approximate surface area is 189 Å². The van der Waals surface area contributed by atoms with Crippen molar-refractivity contribution in [3.8, 4) is 11.4 Å². The highest BCUT2D eigenvalue weighted by Crippen LogP contribution is 2.40. The SMILES string of the molecule is Cc1cccc(-c2noc(C=CC3CCC(C(c4ccc(Cl)cc4)N(C)C)CC3)n2)c1. The van der Waals surface area contributed by atoms with E-state index in [1.165, 1.54) is 36.8 Å². The van der Waals surface area contributed by atoms with Gasteiger partial charge in [-0.15, -0.1) is 0 Å². The minimum atomic E-state index is 0.426. The van der Waals surface area contributed by atoms with E-state index in [2.05, 4.69) is 66.4 Å². The second-order valence-corrected chi connectivity index (χ2v) is 9.26. The third-order valence-electron chi connectivity index (χ3n) is 6.26. The van der Waals surface area contributed by atoms with E-state index in [0.29, 0.717) is 29.6 Å². The smallest absolute Gasteiger partial charge is 0.250 e. The number of aromatic nitrogens is 2. The van der Waals surface area contributed by atoms with Gasteiger partial charge in [-0.2, -0.15) is 4.98 Å². The lowest BCUT2D eigenvalue weighted by atomic mass is 9.76. The molecule has 4 nitrogen and oxygen atoms in total.